The Morgan fingerprint density at radius 2 is 1.00 bits per heavy atom. The highest BCUT2D eigenvalue weighted by molar-refractivity contribution is 7.92. The lowest BCUT2D eigenvalue weighted by molar-refractivity contribution is -0.138. The maximum absolute atomic E-state index is 12.9. The fraction of sp³-hybridized carbons (Fsp3) is 0.429. The van der Waals surface area contributed by atoms with Crippen LogP contribution in [0.3, 0.4) is 0 Å². The van der Waals surface area contributed by atoms with Gasteiger partial charge in [-0.15, -0.1) is 0 Å². The number of amides is 4. The Labute approximate surface area is 133 Å². The topological polar surface area (TPSA) is 109 Å². The van der Waals surface area contributed by atoms with Crippen molar-refractivity contribution in [2.45, 2.75) is 37.4 Å². The Morgan fingerprint density at radius 1 is 0.739 bits per heavy atom. The quantitative estimate of drug-likeness (QED) is 0.615. The van der Waals surface area contributed by atoms with E-state index in [2.05, 4.69) is 0 Å². The zero-order chi connectivity index (χ0) is 17.4. The van der Waals surface area contributed by atoms with Crippen LogP contribution in [0.1, 0.15) is 26.7 Å². The van der Waals surface area contributed by atoms with Gasteiger partial charge in [-0.05, 0) is 12.8 Å². The standard InChI is InChI=1S/C14H16N2O6S/c1-3-13(15-9(17)5-6-10(15)18)23(21,22)14(4-2)16-11(19)7-8-12(16)20/h5-8,13-14H,3-4H2,1-2H3. The van der Waals surface area contributed by atoms with Crippen molar-refractivity contribution in [2.75, 3.05) is 0 Å². The fourth-order valence-corrected chi connectivity index (χ4v) is 4.99. The molecule has 9 heteroatoms. The number of nitrogens with zero attached hydrogens (tertiary/aromatic N) is 2. The number of sulfone groups is 1. The minimum absolute atomic E-state index is 0.0400. The highest BCUT2D eigenvalue weighted by atomic mass is 32.2. The van der Waals surface area contributed by atoms with Gasteiger partial charge in [-0.3, -0.25) is 29.0 Å². The molecule has 2 rings (SSSR count). The van der Waals surface area contributed by atoms with E-state index in [0.717, 1.165) is 24.3 Å². The van der Waals surface area contributed by atoms with Gasteiger partial charge in [0.05, 0.1) is 0 Å². The van der Waals surface area contributed by atoms with Gasteiger partial charge in [0.2, 0.25) is 0 Å². The third-order valence-electron chi connectivity index (χ3n) is 3.72. The summed E-state index contributed by atoms with van der Waals surface area (Å²) in [5.41, 5.74) is 0. The van der Waals surface area contributed by atoms with Crippen LogP contribution in [0.15, 0.2) is 24.3 Å². The highest BCUT2D eigenvalue weighted by Crippen LogP contribution is 2.26. The summed E-state index contributed by atoms with van der Waals surface area (Å²) in [6.07, 6.45) is 3.90. The summed E-state index contributed by atoms with van der Waals surface area (Å²) >= 11 is 0. The van der Waals surface area contributed by atoms with Crippen molar-refractivity contribution in [2.24, 2.45) is 0 Å². The number of carbonyl (C=O) groups excluding carboxylic acids is 4. The van der Waals surface area contributed by atoms with Crippen LogP contribution < -0.4 is 0 Å². The van der Waals surface area contributed by atoms with Gasteiger partial charge in [-0.25, -0.2) is 8.42 Å². The molecule has 0 aliphatic carbocycles. The Hall–Kier alpha value is -2.29. The molecule has 0 radical (unpaired) electrons. The van der Waals surface area contributed by atoms with Crippen molar-refractivity contribution in [3.63, 3.8) is 0 Å². The largest absolute Gasteiger partial charge is 0.269 e. The van der Waals surface area contributed by atoms with Crippen molar-refractivity contribution in [1.29, 1.82) is 0 Å². The molecule has 0 fully saturated rings. The lowest BCUT2D eigenvalue weighted by atomic mass is 10.4. The smallest absolute Gasteiger partial charge is 0.254 e. The Bertz CT molecular complexity index is 644. The zero-order valence-corrected chi connectivity index (χ0v) is 13.4. The molecule has 0 bridgehead atoms. The van der Waals surface area contributed by atoms with Gasteiger partial charge >= 0.3 is 0 Å². The van der Waals surface area contributed by atoms with Gasteiger partial charge in [0.25, 0.3) is 23.6 Å². The van der Waals surface area contributed by atoms with Crippen LogP contribution in [-0.2, 0) is 29.0 Å². The Morgan fingerprint density at radius 3 is 1.22 bits per heavy atom. The zero-order valence-electron chi connectivity index (χ0n) is 12.6. The summed E-state index contributed by atoms with van der Waals surface area (Å²) in [5, 5.41) is -2.85. The van der Waals surface area contributed by atoms with E-state index >= 15 is 0 Å². The molecule has 2 aliphatic rings. The van der Waals surface area contributed by atoms with Crippen LogP contribution in [0, 0.1) is 0 Å². The molecule has 0 aromatic carbocycles. The van der Waals surface area contributed by atoms with Gasteiger partial charge in [-0.2, -0.15) is 0 Å². The molecule has 124 valence electrons. The minimum atomic E-state index is -4.17. The average Bonchev–Trinajstić information content (AvgIpc) is 2.98. The molecular formula is C14H16N2O6S. The molecule has 4 amide bonds. The Balaban J connectivity index is 2.41. The van der Waals surface area contributed by atoms with Crippen LogP contribution in [-0.4, -0.2) is 52.6 Å². The first kappa shape index (κ1) is 17.1. The Kier molecular flexibility index (Phi) is 4.51. The molecule has 0 N–H and O–H groups in total. The minimum Gasteiger partial charge on any atom is -0.269 e. The van der Waals surface area contributed by atoms with Crippen LogP contribution in [0.5, 0.6) is 0 Å². The molecule has 0 saturated heterocycles. The third kappa shape index (κ3) is 2.72. The van der Waals surface area contributed by atoms with Crippen LogP contribution in [0.2, 0.25) is 0 Å². The summed E-state index contributed by atoms with van der Waals surface area (Å²) in [6.45, 7) is 3.03. The van der Waals surface area contributed by atoms with Gasteiger partial charge in [0.1, 0.15) is 10.7 Å². The first-order valence-corrected chi connectivity index (χ1v) is 8.69. The van der Waals surface area contributed by atoms with E-state index in [1.54, 1.807) is 0 Å². The van der Waals surface area contributed by atoms with E-state index in [4.69, 9.17) is 0 Å². The predicted octanol–water partition coefficient (Wildman–Crippen LogP) is -0.277. The summed E-state index contributed by atoms with van der Waals surface area (Å²) in [6, 6.07) is 0. The van der Waals surface area contributed by atoms with Crippen molar-refractivity contribution in [3.8, 4) is 0 Å². The predicted molar refractivity (Wildman–Crippen MR) is 79.1 cm³/mol. The van der Waals surface area contributed by atoms with E-state index in [-0.39, 0.29) is 12.8 Å². The second kappa shape index (κ2) is 6.07. The molecule has 2 atom stereocenters. The van der Waals surface area contributed by atoms with Crippen molar-refractivity contribution in [1.82, 2.24) is 9.80 Å². The van der Waals surface area contributed by atoms with Gasteiger partial charge < -0.3 is 0 Å². The van der Waals surface area contributed by atoms with Crippen LogP contribution >= 0.6 is 0 Å². The lowest BCUT2D eigenvalue weighted by Gasteiger charge is -2.32. The van der Waals surface area contributed by atoms with Gasteiger partial charge in [-0.1, -0.05) is 13.8 Å². The normalized spacial score (nSPS) is 20.8. The second-order valence-corrected chi connectivity index (χ2v) is 7.34. The molecule has 0 saturated carbocycles. The summed E-state index contributed by atoms with van der Waals surface area (Å²) in [4.78, 5) is 48.4. The summed E-state index contributed by atoms with van der Waals surface area (Å²) in [5.74, 6) is -2.90. The number of carbonyl (C=O) groups is 4. The molecule has 2 heterocycles. The van der Waals surface area contributed by atoms with E-state index in [9.17, 15) is 27.6 Å². The highest BCUT2D eigenvalue weighted by Gasteiger charge is 2.46. The monoisotopic (exact) mass is 340 g/mol. The number of hydrogen-bond acceptors (Lipinski definition) is 6. The fourth-order valence-electron chi connectivity index (χ4n) is 2.70. The number of hydrogen-bond donors (Lipinski definition) is 0. The second-order valence-electron chi connectivity index (χ2n) is 5.07. The molecule has 8 nitrogen and oxygen atoms in total. The van der Waals surface area contributed by atoms with Crippen molar-refractivity contribution < 1.29 is 27.6 Å². The first-order valence-electron chi connectivity index (χ1n) is 7.08. The van der Waals surface area contributed by atoms with Gasteiger partial charge in [0.15, 0.2) is 9.84 Å². The molecule has 0 aromatic rings. The number of imide groups is 2. The molecule has 0 spiro atoms. The van der Waals surface area contributed by atoms with Crippen LogP contribution in [0.4, 0.5) is 0 Å². The molecule has 0 aromatic heterocycles. The van der Waals surface area contributed by atoms with E-state index in [1.807, 2.05) is 0 Å². The third-order valence-corrected chi connectivity index (χ3v) is 6.32. The van der Waals surface area contributed by atoms with Crippen molar-refractivity contribution in [3.05, 3.63) is 24.3 Å². The number of rotatable bonds is 6. The summed E-state index contributed by atoms with van der Waals surface area (Å²) < 4.78 is 25.8. The average molecular weight is 340 g/mol. The van der Waals surface area contributed by atoms with E-state index in [1.165, 1.54) is 13.8 Å². The lowest BCUT2D eigenvalue weighted by Crippen LogP contribution is -2.53. The van der Waals surface area contributed by atoms with E-state index in [0.29, 0.717) is 9.80 Å². The molecule has 2 unspecified atom stereocenters. The molecule has 2 aliphatic heterocycles. The van der Waals surface area contributed by atoms with Crippen molar-refractivity contribution >= 4 is 33.5 Å². The first-order chi connectivity index (χ1) is 10.8. The molecule has 23 heavy (non-hydrogen) atoms. The summed E-state index contributed by atoms with van der Waals surface area (Å²) in [7, 11) is -4.17. The molecular weight excluding hydrogens is 324 g/mol. The maximum atomic E-state index is 12.9. The van der Waals surface area contributed by atoms with E-state index < -0.39 is 44.2 Å². The SMILES string of the molecule is CCC(N1C(=O)C=CC1=O)S(=O)(=O)C(CC)N1C(=O)C=CC1=O. The van der Waals surface area contributed by atoms with Crippen LogP contribution in [0.25, 0.3) is 0 Å². The maximum Gasteiger partial charge on any atom is 0.254 e. The van der Waals surface area contributed by atoms with Gasteiger partial charge in [0, 0.05) is 24.3 Å².